The lowest BCUT2D eigenvalue weighted by molar-refractivity contribution is 0.0950. The predicted molar refractivity (Wildman–Crippen MR) is 97.2 cm³/mol. The van der Waals surface area contributed by atoms with Crippen LogP contribution in [0.3, 0.4) is 0 Å². The molecule has 3 rings (SSSR count). The minimum Gasteiger partial charge on any atom is -0.350 e. The summed E-state index contributed by atoms with van der Waals surface area (Å²) < 4.78 is 22.4. The Morgan fingerprint density at radius 2 is 1.88 bits per heavy atom. The van der Waals surface area contributed by atoms with Gasteiger partial charge in [-0.15, -0.1) is 0 Å². The average molecular weight is 378 g/mol. The van der Waals surface area contributed by atoms with Crippen LogP contribution >= 0.6 is 11.6 Å². The molecular formula is C17H16ClN3O3S. The number of carbonyl (C=O) groups excluding carboxylic acids is 1. The van der Waals surface area contributed by atoms with Crippen molar-refractivity contribution in [1.29, 1.82) is 0 Å². The Morgan fingerprint density at radius 3 is 2.52 bits per heavy atom. The Bertz CT molecular complexity index is 1030. The molecule has 0 aliphatic carbocycles. The monoisotopic (exact) mass is 377 g/mol. The van der Waals surface area contributed by atoms with Gasteiger partial charge in [0.05, 0.1) is 15.4 Å². The maximum absolute atomic E-state index is 12.2. The molecule has 130 valence electrons. The highest BCUT2D eigenvalue weighted by Gasteiger charge is 2.11. The SMILES string of the molecule is NS(=O)(=O)c1ccc(CCNC(=O)c2cc3cccc(Cl)c3[nH]2)cc1. The molecule has 0 atom stereocenters. The highest BCUT2D eigenvalue weighted by molar-refractivity contribution is 7.89. The van der Waals surface area contributed by atoms with Crippen molar-refractivity contribution >= 4 is 38.4 Å². The highest BCUT2D eigenvalue weighted by atomic mass is 35.5. The fourth-order valence-corrected chi connectivity index (χ4v) is 3.25. The summed E-state index contributed by atoms with van der Waals surface area (Å²) in [6.45, 7) is 0.413. The number of rotatable bonds is 5. The molecule has 25 heavy (non-hydrogen) atoms. The number of H-pyrrole nitrogens is 1. The molecule has 1 heterocycles. The molecule has 2 aromatic carbocycles. The van der Waals surface area contributed by atoms with Crippen molar-refractivity contribution in [3.05, 3.63) is 64.8 Å². The third-order valence-electron chi connectivity index (χ3n) is 3.80. The van der Waals surface area contributed by atoms with E-state index in [1.165, 1.54) is 12.1 Å². The zero-order valence-corrected chi connectivity index (χ0v) is 14.7. The molecule has 0 saturated carbocycles. The van der Waals surface area contributed by atoms with Crippen molar-refractivity contribution < 1.29 is 13.2 Å². The number of fused-ring (bicyclic) bond motifs is 1. The van der Waals surface area contributed by atoms with E-state index in [-0.39, 0.29) is 10.8 Å². The second-order valence-corrected chi connectivity index (χ2v) is 7.55. The van der Waals surface area contributed by atoms with Gasteiger partial charge in [-0.1, -0.05) is 35.9 Å². The van der Waals surface area contributed by atoms with Crippen LogP contribution in [0.1, 0.15) is 16.1 Å². The minimum absolute atomic E-state index is 0.0650. The molecule has 1 aromatic heterocycles. The number of aromatic amines is 1. The maximum atomic E-state index is 12.2. The number of sulfonamides is 1. The Balaban J connectivity index is 1.61. The number of nitrogens with two attached hydrogens (primary N) is 1. The number of halogens is 1. The van der Waals surface area contributed by atoms with E-state index in [0.29, 0.717) is 23.7 Å². The summed E-state index contributed by atoms with van der Waals surface area (Å²) in [4.78, 5) is 15.3. The molecule has 0 aliphatic rings. The molecule has 0 unspecified atom stereocenters. The minimum atomic E-state index is -3.69. The van der Waals surface area contributed by atoms with Crippen LogP contribution in [-0.4, -0.2) is 25.9 Å². The van der Waals surface area contributed by atoms with Gasteiger partial charge < -0.3 is 10.3 Å². The van der Waals surface area contributed by atoms with Gasteiger partial charge >= 0.3 is 0 Å². The van der Waals surface area contributed by atoms with Crippen molar-refractivity contribution in [2.45, 2.75) is 11.3 Å². The van der Waals surface area contributed by atoms with Gasteiger partial charge in [0.15, 0.2) is 0 Å². The van der Waals surface area contributed by atoms with E-state index < -0.39 is 10.0 Å². The summed E-state index contributed by atoms with van der Waals surface area (Å²) >= 11 is 6.09. The van der Waals surface area contributed by atoms with Crippen molar-refractivity contribution in [1.82, 2.24) is 10.3 Å². The summed E-state index contributed by atoms with van der Waals surface area (Å²) in [6, 6.07) is 13.5. The van der Waals surface area contributed by atoms with Gasteiger partial charge in [-0.2, -0.15) is 0 Å². The van der Waals surface area contributed by atoms with E-state index in [2.05, 4.69) is 10.3 Å². The standard InChI is InChI=1S/C17H16ClN3O3S/c18-14-3-1-2-12-10-15(21-16(12)14)17(22)20-9-8-11-4-6-13(7-5-11)25(19,23)24/h1-7,10,21H,8-9H2,(H,20,22)(H2,19,23,24). The van der Waals surface area contributed by atoms with Crippen molar-refractivity contribution in [2.24, 2.45) is 5.14 Å². The van der Waals surface area contributed by atoms with Crippen LogP contribution in [0.15, 0.2) is 53.4 Å². The number of carbonyl (C=O) groups is 1. The topological polar surface area (TPSA) is 105 Å². The fraction of sp³-hybridized carbons (Fsp3) is 0.118. The molecule has 0 spiro atoms. The Labute approximate surface area is 150 Å². The lowest BCUT2D eigenvalue weighted by Gasteiger charge is -2.05. The van der Waals surface area contributed by atoms with Gasteiger partial charge in [-0.25, -0.2) is 13.6 Å². The lowest BCUT2D eigenvalue weighted by Crippen LogP contribution is -2.25. The van der Waals surface area contributed by atoms with Gasteiger partial charge in [0, 0.05) is 11.9 Å². The zero-order chi connectivity index (χ0) is 18.0. The largest absolute Gasteiger partial charge is 0.350 e. The molecular weight excluding hydrogens is 362 g/mol. The van der Waals surface area contributed by atoms with Crippen molar-refractivity contribution in [2.75, 3.05) is 6.54 Å². The van der Waals surface area contributed by atoms with Gasteiger partial charge in [0.25, 0.3) is 5.91 Å². The summed E-state index contributed by atoms with van der Waals surface area (Å²) in [5.41, 5.74) is 2.06. The summed E-state index contributed by atoms with van der Waals surface area (Å²) in [5, 5.41) is 9.31. The van der Waals surface area contributed by atoms with Gasteiger partial charge in [-0.3, -0.25) is 4.79 Å². The van der Waals surface area contributed by atoms with Crippen LogP contribution in [0.2, 0.25) is 5.02 Å². The van der Waals surface area contributed by atoms with E-state index in [9.17, 15) is 13.2 Å². The Morgan fingerprint density at radius 1 is 1.16 bits per heavy atom. The van der Waals surface area contributed by atoms with Crippen LogP contribution in [0.4, 0.5) is 0 Å². The molecule has 1 amide bonds. The number of para-hydroxylation sites is 1. The molecule has 0 radical (unpaired) electrons. The number of amides is 1. The highest BCUT2D eigenvalue weighted by Crippen LogP contribution is 2.23. The molecule has 3 aromatic rings. The molecule has 0 aliphatic heterocycles. The summed E-state index contributed by atoms with van der Waals surface area (Å²) in [5.74, 6) is -0.228. The van der Waals surface area contributed by atoms with Crippen LogP contribution in [0.5, 0.6) is 0 Å². The number of benzene rings is 2. The first-order chi connectivity index (χ1) is 11.8. The van der Waals surface area contributed by atoms with Gasteiger partial charge in [-0.05, 0) is 36.2 Å². The number of primary sulfonamides is 1. The first-order valence-corrected chi connectivity index (χ1v) is 9.44. The van der Waals surface area contributed by atoms with E-state index >= 15 is 0 Å². The van der Waals surface area contributed by atoms with Crippen LogP contribution in [-0.2, 0) is 16.4 Å². The van der Waals surface area contributed by atoms with Gasteiger partial charge in [0.1, 0.15) is 5.69 Å². The number of hydrogen-bond acceptors (Lipinski definition) is 3. The fourth-order valence-electron chi connectivity index (χ4n) is 2.50. The molecule has 0 saturated heterocycles. The first-order valence-electron chi connectivity index (χ1n) is 7.52. The molecule has 0 fully saturated rings. The van der Waals surface area contributed by atoms with Crippen molar-refractivity contribution in [3.8, 4) is 0 Å². The number of nitrogens with one attached hydrogen (secondary N) is 2. The third-order valence-corrected chi connectivity index (χ3v) is 5.05. The average Bonchev–Trinajstić information content (AvgIpc) is 3.00. The normalized spacial score (nSPS) is 11.6. The Hall–Kier alpha value is -2.35. The zero-order valence-electron chi connectivity index (χ0n) is 13.1. The van der Waals surface area contributed by atoms with E-state index in [1.807, 2.05) is 12.1 Å². The van der Waals surface area contributed by atoms with Crippen LogP contribution in [0.25, 0.3) is 10.9 Å². The van der Waals surface area contributed by atoms with E-state index in [1.54, 1.807) is 24.3 Å². The molecule has 4 N–H and O–H groups in total. The number of aromatic nitrogens is 1. The predicted octanol–water partition coefficient (Wildman–Crippen LogP) is 2.44. The first kappa shape index (κ1) is 17.5. The van der Waals surface area contributed by atoms with E-state index in [4.69, 9.17) is 16.7 Å². The summed E-state index contributed by atoms with van der Waals surface area (Å²) in [7, 11) is -3.69. The molecule has 8 heteroatoms. The smallest absolute Gasteiger partial charge is 0.267 e. The second-order valence-electron chi connectivity index (χ2n) is 5.58. The van der Waals surface area contributed by atoms with Crippen molar-refractivity contribution in [3.63, 3.8) is 0 Å². The molecule has 6 nitrogen and oxygen atoms in total. The van der Waals surface area contributed by atoms with Gasteiger partial charge in [0.2, 0.25) is 10.0 Å². The Kier molecular flexibility index (Phi) is 4.80. The lowest BCUT2D eigenvalue weighted by atomic mass is 10.1. The van der Waals surface area contributed by atoms with Crippen LogP contribution in [0, 0.1) is 0 Å². The maximum Gasteiger partial charge on any atom is 0.267 e. The summed E-state index contributed by atoms with van der Waals surface area (Å²) in [6.07, 6.45) is 0.567. The third kappa shape index (κ3) is 4.01. The number of hydrogen-bond donors (Lipinski definition) is 3. The van der Waals surface area contributed by atoms with Crippen LogP contribution < -0.4 is 10.5 Å². The van der Waals surface area contributed by atoms with E-state index in [0.717, 1.165) is 16.5 Å². The quantitative estimate of drug-likeness (QED) is 0.635. The molecule has 0 bridgehead atoms. The second kappa shape index (κ2) is 6.87.